The van der Waals surface area contributed by atoms with Gasteiger partial charge in [0.25, 0.3) is 5.91 Å². The van der Waals surface area contributed by atoms with Crippen LogP contribution in [0.2, 0.25) is 0 Å². The van der Waals surface area contributed by atoms with E-state index in [0.717, 1.165) is 40.2 Å². The van der Waals surface area contributed by atoms with E-state index in [2.05, 4.69) is 34.6 Å². The Labute approximate surface area is 194 Å². The molecule has 0 saturated carbocycles. The molecule has 1 atom stereocenters. The summed E-state index contributed by atoms with van der Waals surface area (Å²) in [5.74, 6) is 1.85. The maximum Gasteiger partial charge on any atom is 0.255 e. The number of benzene rings is 2. The third-order valence-corrected chi connectivity index (χ3v) is 6.05. The Kier molecular flexibility index (Phi) is 6.49. The zero-order chi connectivity index (χ0) is 23.5. The minimum atomic E-state index is -0.404. The first-order valence-electron chi connectivity index (χ1n) is 11.3. The van der Waals surface area contributed by atoms with Gasteiger partial charge in [-0.05, 0) is 68.0 Å². The van der Waals surface area contributed by atoms with Crippen molar-refractivity contribution in [2.75, 3.05) is 17.2 Å². The lowest BCUT2D eigenvalue weighted by molar-refractivity contribution is -0.113. The first-order valence-corrected chi connectivity index (χ1v) is 11.3. The van der Waals surface area contributed by atoms with Crippen LogP contribution in [0.5, 0.6) is 5.75 Å². The largest absolute Gasteiger partial charge is 0.494 e. The molecule has 0 aliphatic carbocycles. The Morgan fingerprint density at radius 3 is 2.64 bits per heavy atom. The summed E-state index contributed by atoms with van der Waals surface area (Å²) in [6, 6.07) is 13.4. The summed E-state index contributed by atoms with van der Waals surface area (Å²) < 4.78 is 7.62. The smallest absolute Gasteiger partial charge is 0.255 e. The summed E-state index contributed by atoms with van der Waals surface area (Å²) in [6.07, 6.45) is 2.50. The second-order valence-corrected chi connectivity index (χ2v) is 8.90. The summed E-state index contributed by atoms with van der Waals surface area (Å²) in [7, 11) is 0. The summed E-state index contributed by atoms with van der Waals surface area (Å²) in [6.45, 7) is 11.0. The zero-order valence-corrected chi connectivity index (χ0v) is 19.8. The molecular weight excluding hydrogens is 414 g/mol. The van der Waals surface area contributed by atoms with Gasteiger partial charge in [0.2, 0.25) is 5.95 Å². The van der Waals surface area contributed by atoms with Gasteiger partial charge in [-0.2, -0.15) is 10.1 Å². The lowest BCUT2D eigenvalue weighted by Crippen LogP contribution is -2.31. The van der Waals surface area contributed by atoms with Crippen LogP contribution in [0.25, 0.3) is 0 Å². The highest BCUT2D eigenvalue weighted by atomic mass is 16.5. The van der Waals surface area contributed by atoms with Crippen molar-refractivity contribution in [3.8, 4) is 5.75 Å². The summed E-state index contributed by atoms with van der Waals surface area (Å²) >= 11 is 0. The predicted molar refractivity (Wildman–Crippen MR) is 130 cm³/mol. The number of aryl methyl sites for hydroxylation is 1. The van der Waals surface area contributed by atoms with E-state index in [1.807, 2.05) is 63.2 Å². The van der Waals surface area contributed by atoms with Crippen LogP contribution in [0.15, 0.2) is 60.1 Å². The molecule has 7 nitrogen and oxygen atoms in total. The summed E-state index contributed by atoms with van der Waals surface area (Å²) in [4.78, 5) is 17.8. The van der Waals surface area contributed by atoms with E-state index in [0.29, 0.717) is 24.0 Å². The SMILES string of the molecule is CC1=C(C(=O)Nc2cccc(C)c2C)C(c2ccc(OCCC(C)C)cc2)n2ncnc2N1. The van der Waals surface area contributed by atoms with Gasteiger partial charge >= 0.3 is 0 Å². The molecule has 0 fully saturated rings. The van der Waals surface area contributed by atoms with E-state index in [1.165, 1.54) is 6.33 Å². The molecule has 1 aliphatic heterocycles. The number of aromatic nitrogens is 3. The molecule has 1 aromatic heterocycles. The van der Waals surface area contributed by atoms with Crippen molar-refractivity contribution in [3.63, 3.8) is 0 Å². The Morgan fingerprint density at radius 2 is 1.91 bits per heavy atom. The first-order chi connectivity index (χ1) is 15.8. The first kappa shape index (κ1) is 22.6. The predicted octanol–water partition coefficient (Wildman–Crippen LogP) is 5.25. The van der Waals surface area contributed by atoms with Crippen molar-refractivity contribution in [1.29, 1.82) is 0 Å². The van der Waals surface area contributed by atoms with Crippen LogP contribution in [0.3, 0.4) is 0 Å². The zero-order valence-electron chi connectivity index (χ0n) is 19.8. The molecule has 2 N–H and O–H groups in total. The Balaban J connectivity index is 1.64. The molecule has 172 valence electrons. The van der Waals surface area contributed by atoms with E-state index < -0.39 is 6.04 Å². The topological polar surface area (TPSA) is 81.1 Å². The van der Waals surface area contributed by atoms with E-state index in [4.69, 9.17) is 4.74 Å². The number of fused-ring (bicyclic) bond motifs is 1. The van der Waals surface area contributed by atoms with Gasteiger partial charge in [-0.15, -0.1) is 0 Å². The number of nitrogens with zero attached hydrogens (tertiary/aromatic N) is 3. The number of hydrogen-bond donors (Lipinski definition) is 2. The average molecular weight is 446 g/mol. The maximum atomic E-state index is 13.5. The van der Waals surface area contributed by atoms with Crippen LogP contribution in [0, 0.1) is 19.8 Å². The quantitative estimate of drug-likeness (QED) is 0.519. The third-order valence-electron chi connectivity index (χ3n) is 6.05. The molecular formula is C26H31N5O2. The van der Waals surface area contributed by atoms with Crippen molar-refractivity contribution in [2.24, 2.45) is 5.92 Å². The number of amides is 1. The number of ether oxygens (including phenoxy) is 1. The molecule has 7 heteroatoms. The number of allylic oxidation sites excluding steroid dienone is 1. The Morgan fingerprint density at radius 1 is 1.15 bits per heavy atom. The Hall–Kier alpha value is -3.61. The highest BCUT2D eigenvalue weighted by molar-refractivity contribution is 6.06. The average Bonchev–Trinajstić information content (AvgIpc) is 3.24. The third kappa shape index (κ3) is 4.77. The minimum absolute atomic E-state index is 0.169. The molecule has 33 heavy (non-hydrogen) atoms. The monoisotopic (exact) mass is 445 g/mol. The molecule has 0 radical (unpaired) electrons. The highest BCUT2D eigenvalue weighted by Crippen LogP contribution is 2.36. The van der Waals surface area contributed by atoms with Gasteiger partial charge in [-0.1, -0.05) is 38.1 Å². The molecule has 0 spiro atoms. The molecule has 2 heterocycles. The van der Waals surface area contributed by atoms with E-state index in [1.54, 1.807) is 4.68 Å². The van der Waals surface area contributed by atoms with Gasteiger partial charge in [-0.25, -0.2) is 4.68 Å². The van der Waals surface area contributed by atoms with Crippen LogP contribution < -0.4 is 15.4 Å². The fourth-order valence-corrected chi connectivity index (χ4v) is 3.93. The highest BCUT2D eigenvalue weighted by Gasteiger charge is 2.33. The lowest BCUT2D eigenvalue weighted by atomic mass is 9.94. The molecule has 3 aromatic rings. The number of anilines is 2. The molecule has 1 amide bonds. The molecule has 1 aliphatic rings. The molecule has 2 aromatic carbocycles. The van der Waals surface area contributed by atoms with Gasteiger partial charge in [0.15, 0.2) is 0 Å². The molecule has 1 unspecified atom stereocenters. The van der Waals surface area contributed by atoms with Gasteiger partial charge in [0, 0.05) is 11.4 Å². The number of carbonyl (C=O) groups excluding carboxylic acids is 1. The normalized spacial score (nSPS) is 15.3. The van der Waals surface area contributed by atoms with Crippen LogP contribution in [-0.4, -0.2) is 27.3 Å². The van der Waals surface area contributed by atoms with Gasteiger partial charge in [0.1, 0.15) is 18.1 Å². The summed E-state index contributed by atoms with van der Waals surface area (Å²) in [5.41, 5.74) is 5.27. The lowest BCUT2D eigenvalue weighted by Gasteiger charge is -2.29. The number of nitrogens with one attached hydrogen (secondary N) is 2. The number of carbonyl (C=O) groups is 1. The Bertz CT molecular complexity index is 1180. The fourth-order valence-electron chi connectivity index (χ4n) is 3.93. The van der Waals surface area contributed by atoms with Crippen molar-refractivity contribution >= 4 is 17.5 Å². The van der Waals surface area contributed by atoms with Crippen LogP contribution in [0.1, 0.15) is 49.9 Å². The van der Waals surface area contributed by atoms with E-state index in [9.17, 15) is 4.79 Å². The molecule has 0 saturated heterocycles. The maximum absolute atomic E-state index is 13.5. The van der Waals surface area contributed by atoms with Gasteiger partial charge in [0.05, 0.1) is 12.2 Å². The number of rotatable bonds is 7. The van der Waals surface area contributed by atoms with Crippen LogP contribution in [-0.2, 0) is 4.79 Å². The number of hydrogen-bond acceptors (Lipinski definition) is 5. The second kappa shape index (κ2) is 9.48. The van der Waals surface area contributed by atoms with Gasteiger partial charge in [-0.3, -0.25) is 4.79 Å². The van der Waals surface area contributed by atoms with E-state index in [-0.39, 0.29) is 5.91 Å². The summed E-state index contributed by atoms with van der Waals surface area (Å²) in [5, 5.41) is 10.7. The minimum Gasteiger partial charge on any atom is -0.494 e. The molecule has 0 bridgehead atoms. The van der Waals surface area contributed by atoms with Crippen molar-refractivity contribution in [1.82, 2.24) is 14.8 Å². The van der Waals surface area contributed by atoms with Crippen LogP contribution >= 0.6 is 0 Å². The van der Waals surface area contributed by atoms with Crippen molar-refractivity contribution in [2.45, 2.75) is 47.1 Å². The fraction of sp³-hybridized carbons (Fsp3) is 0.346. The van der Waals surface area contributed by atoms with Crippen LogP contribution in [0.4, 0.5) is 11.6 Å². The van der Waals surface area contributed by atoms with Crippen molar-refractivity contribution in [3.05, 3.63) is 76.8 Å². The standard InChI is InChI=1S/C26H31N5O2/c1-16(2)13-14-33-21-11-9-20(10-12-21)24-23(19(5)29-26-27-15-28-31(24)26)25(32)30-22-8-6-7-17(3)18(22)4/h6-12,15-16,24H,13-14H2,1-5H3,(H,30,32)(H,27,28,29). The molecule has 4 rings (SSSR count). The second-order valence-electron chi connectivity index (χ2n) is 8.90. The van der Waals surface area contributed by atoms with E-state index >= 15 is 0 Å². The van der Waals surface area contributed by atoms with Crippen molar-refractivity contribution < 1.29 is 9.53 Å². The van der Waals surface area contributed by atoms with Gasteiger partial charge < -0.3 is 15.4 Å².